The molecule has 0 spiro atoms. The van der Waals surface area contributed by atoms with E-state index >= 15 is 0 Å². The summed E-state index contributed by atoms with van der Waals surface area (Å²) in [5.41, 5.74) is 1.11. The molecule has 1 aromatic heterocycles. The number of carbonyl (C=O) groups is 2. The number of hydrogen-bond donors (Lipinski definition) is 2. The summed E-state index contributed by atoms with van der Waals surface area (Å²) in [7, 11) is 0. The van der Waals surface area contributed by atoms with Crippen molar-refractivity contribution in [2.75, 3.05) is 31.5 Å². The second-order valence-electron chi connectivity index (χ2n) is 6.60. The van der Waals surface area contributed by atoms with Crippen LogP contribution in [0.15, 0.2) is 30.5 Å². The number of benzene rings is 1. The van der Waals surface area contributed by atoms with Gasteiger partial charge in [0.25, 0.3) is 11.8 Å². The Morgan fingerprint density at radius 3 is 2.41 bits per heavy atom. The largest absolute Gasteiger partial charge is 0.339 e. The Balaban J connectivity index is 1.63. The highest BCUT2D eigenvalue weighted by Crippen LogP contribution is 2.31. The van der Waals surface area contributed by atoms with Gasteiger partial charge in [0, 0.05) is 35.3 Å². The van der Waals surface area contributed by atoms with Crippen LogP contribution in [0.3, 0.4) is 0 Å². The fraction of sp³-hybridized carbons (Fsp3) is 0.450. The lowest BCUT2D eigenvalue weighted by atomic mass is 9.97. The standard InChI is InChI=1S/C20H26N4O2S/c1-3-24(4-2)19(26)16-7-5-15(6-8-16)18(25)23-20-22-13-17(27-20)14-9-11-21-12-10-14/h5-8,13-14,21H,3-4,9-12H2,1-2H3,(H,22,23,25). The van der Waals surface area contributed by atoms with Gasteiger partial charge in [0.05, 0.1) is 0 Å². The van der Waals surface area contributed by atoms with Crippen molar-refractivity contribution >= 4 is 28.3 Å². The average molecular weight is 387 g/mol. The van der Waals surface area contributed by atoms with Gasteiger partial charge in [0.2, 0.25) is 0 Å². The molecular weight excluding hydrogens is 360 g/mol. The summed E-state index contributed by atoms with van der Waals surface area (Å²) in [5.74, 6) is 0.307. The molecule has 0 saturated carbocycles. The molecular formula is C20H26N4O2S. The van der Waals surface area contributed by atoms with Crippen molar-refractivity contribution in [3.63, 3.8) is 0 Å². The number of anilines is 1. The first kappa shape index (κ1) is 19.5. The maximum Gasteiger partial charge on any atom is 0.257 e. The lowest BCUT2D eigenvalue weighted by molar-refractivity contribution is 0.0772. The topological polar surface area (TPSA) is 74.3 Å². The van der Waals surface area contributed by atoms with Crippen molar-refractivity contribution < 1.29 is 9.59 Å². The van der Waals surface area contributed by atoms with Crippen LogP contribution in [0.5, 0.6) is 0 Å². The van der Waals surface area contributed by atoms with Gasteiger partial charge < -0.3 is 10.2 Å². The molecule has 3 rings (SSSR count). The van der Waals surface area contributed by atoms with Crippen LogP contribution in [0.4, 0.5) is 5.13 Å². The number of piperidine rings is 1. The molecule has 1 fully saturated rings. The molecule has 27 heavy (non-hydrogen) atoms. The van der Waals surface area contributed by atoms with Crippen molar-refractivity contribution in [3.8, 4) is 0 Å². The Morgan fingerprint density at radius 2 is 1.78 bits per heavy atom. The number of hydrogen-bond acceptors (Lipinski definition) is 5. The molecule has 2 heterocycles. The Labute approximate surface area is 164 Å². The summed E-state index contributed by atoms with van der Waals surface area (Å²) in [4.78, 5) is 32.2. The summed E-state index contributed by atoms with van der Waals surface area (Å²) < 4.78 is 0. The highest BCUT2D eigenvalue weighted by Gasteiger charge is 2.19. The van der Waals surface area contributed by atoms with Crippen LogP contribution < -0.4 is 10.6 Å². The number of carbonyl (C=O) groups excluding carboxylic acids is 2. The lowest BCUT2D eigenvalue weighted by Crippen LogP contribution is -2.30. The molecule has 1 saturated heterocycles. The van der Waals surface area contributed by atoms with E-state index in [0.717, 1.165) is 25.9 Å². The van der Waals surface area contributed by atoms with E-state index in [9.17, 15) is 9.59 Å². The van der Waals surface area contributed by atoms with Crippen LogP contribution in [0, 0.1) is 0 Å². The zero-order chi connectivity index (χ0) is 19.2. The van der Waals surface area contributed by atoms with Gasteiger partial charge in [0.1, 0.15) is 0 Å². The van der Waals surface area contributed by atoms with E-state index in [2.05, 4.69) is 15.6 Å². The summed E-state index contributed by atoms with van der Waals surface area (Å²) >= 11 is 1.55. The van der Waals surface area contributed by atoms with E-state index in [1.165, 1.54) is 4.88 Å². The van der Waals surface area contributed by atoms with E-state index in [-0.39, 0.29) is 11.8 Å². The van der Waals surface area contributed by atoms with Gasteiger partial charge in [0.15, 0.2) is 5.13 Å². The SMILES string of the molecule is CCN(CC)C(=O)c1ccc(C(=O)Nc2ncc(C3CCNCC3)s2)cc1. The second kappa shape index (κ2) is 9.10. The van der Waals surface area contributed by atoms with Gasteiger partial charge in [-0.2, -0.15) is 0 Å². The quantitative estimate of drug-likeness (QED) is 0.798. The Hall–Kier alpha value is -2.25. The number of rotatable bonds is 6. The molecule has 2 amide bonds. The van der Waals surface area contributed by atoms with Gasteiger partial charge >= 0.3 is 0 Å². The molecule has 2 aromatic rings. The molecule has 7 heteroatoms. The fourth-order valence-electron chi connectivity index (χ4n) is 3.27. The van der Waals surface area contributed by atoms with Crippen molar-refractivity contribution in [2.24, 2.45) is 0 Å². The van der Waals surface area contributed by atoms with E-state index in [1.54, 1.807) is 40.5 Å². The van der Waals surface area contributed by atoms with Crippen LogP contribution >= 0.6 is 11.3 Å². The number of nitrogens with one attached hydrogen (secondary N) is 2. The zero-order valence-corrected chi connectivity index (χ0v) is 16.6. The molecule has 0 unspecified atom stereocenters. The van der Waals surface area contributed by atoms with Crippen molar-refractivity contribution in [3.05, 3.63) is 46.5 Å². The Morgan fingerprint density at radius 1 is 1.15 bits per heavy atom. The number of nitrogens with zero attached hydrogens (tertiary/aromatic N) is 2. The maximum atomic E-state index is 12.5. The predicted molar refractivity (Wildman–Crippen MR) is 109 cm³/mol. The summed E-state index contributed by atoms with van der Waals surface area (Å²) in [6.45, 7) is 7.30. The van der Waals surface area contributed by atoms with E-state index in [4.69, 9.17) is 0 Å². The monoisotopic (exact) mass is 386 g/mol. The van der Waals surface area contributed by atoms with Crippen LogP contribution in [0.25, 0.3) is 0 Å². The van der Waals surface area contributed by atoms with Crippen LogP contribution in [-0.4, -0.2) is 47.9 Å². The normalized spacial score (nSPS) is 14.7. The molecule has 1 aliphatic rings. The van der Waals surface area contributed by atoms with Gasteiger partial charge in [-0.3, -0.25) is 14.9 Å². The van der Waals surface area contributed by atoms with E-state index < -0.39 is 0 Å². The third kappa shape index (κ3) is 4.73. The summed E-state index contributed by atoms with van der Waals surface area (Å²) in [6, 6.07) is 6.79. The minimum Gasteiger partial charge on any atom is -0.339 e. The molecule has 144 valence electrons. The number of thiazole rings is 1. The van der Waals surface area contributed by atoms with Gasteiger partial charge in [-0.05, 0) is 70.0 Å². The molecule has 6 nitrogen and oxygen atoms in total. The zero-order valence-electron chi connectivity index (χ0n) is 15.8. The summed E-state index contributed by atoms with van der Waals surface area (Å²) in [6.07, 6.45) is 4.09. The maximum absolute atomic E-state index is 12.5. The number of amides is 2. The van der Waals surface area contributed by atoms with Crippen molar-refractivity contribution in [2.45, 2.75) is 32.6 Å². The molecule has 0 bridgehead atoms. The Kier molecular flexibility index (Phi) is 6.58. The summed E-state index contributed by atoms with van der Waals surface area (Å²) in [5, 5.41) is 6.85. The van der Waals surface area contributed by atoms with Gasteiger partial charge in [-0.25, -0.2) is 4.98 Å². The molecule has 1 aliphatic heterocycles. The lowest BCUT2D eigenvalue weighted by Gasteiger charge is -2.20. The van der Waals surface area contributed by atoms with Gasteiger partial charge in [-0.15, -0.1) is 11.3 Å². The smallest absolute Gasteiger partial charge is 0.257 e. The molecule has 0 atom stereocenters. The highest BCUT2D eigenvalue weighted by molar-refractivity contribution is 7.15. The van der Waals surface area contributed by atoms with Crippen LogP contribution in [0.2, 0.25) is 0 Å². The minimum atomic E-state index is -0.206. The second-order valence-corrected chi connectivity index (χ2v) is 7.66. The number of aromatic nitrogens is 1. The minimum absolute atomic E-state index is 0.0153. The van der Waals surface area contributed by atoms with E-state index in [1.807, 2.05) is 20.0 Å². The van der Waals surface area contributed by atoms with Crippen molar-refractivity contribution in [1.82, 2.24) is 15.2 Å². The van der Waals surface area contributed by atoms with Crippen molar-refractivity contribution in [1.29, 1.82) is 0 Å². The van der Waals surface area contributed by atoms with Gasteiger partial charge in [-0.1, -0.05) is 0 Å². The molecule has 0 aliphatic carbocycles. The predicted octanol–water partition coefficient (Wildman–Crippen LogP) is 3.34. The third-order valence-electron chi connectivity index (χ3n) is 4.93. The van der Waals surface area contributed by atoms with Crippen LogP contribution in [-0.2, 0) is 0 Å². The molecule has 1 aromatic carbocycles. The average Bonchev–Trinajstić information content (AvgIpc) is 3.18. The first-order valence-corrected chi connectivity index (χ1v) is 10.3. The van der Waals surface area contributed by atoms with Crippen LogP contribution in [0.1, 0.15) is 58.2 Å². The third-order valence-corrected chi connectivity index (χ3v) is 6.01. The molecule has 2 N–H and O–H groups in total. The molecule has 0 radical (unpaired) electrons. The Bertz CT molecular complexity index is 778. The fourth-order valence-corrected chi connectivity index (χ4v) is 4.25. The first-order chi connectivity index (χ1) is 13.1. The first-order valence-electron chi connectivity index (χ1n) is 9.49. The van der Waals surface area contributed by atoms with E-state index in [0.29, 0.717) is 35.3 Å². The highest BCUT2D eigenvalue weighted by atomic mass is 32.1.